The Morgan fingerprint density at radius 1 is 1.25 bits per heavy atom. The van der Waals surface area contributed by atoms with Crippen LogP contribution in [-0.2, 0) is 4.79 Å². The van der Waals surface area contributed by atoms with Crippen LogP contribution in [0.2, 0.25) is 0 Å². The van der Waals surface area contributed by atoms with Crippen LogP contribution in [-0.4, -0.2) is 31.3 Å². The highest BCUT2D eigenvalue weighted by atomic mass is 19.1. The Morgan fingerprint density at radius 3 is 2.55 bits per heavy atom. The Kier molecular flexibility index (Phi) is 6.24. The molecule has 20 heavy (non-hydrogen) atoms. The minimum absolute atomic E-state index is 0.0217. The van der Waals surface area contributed by atoms with Crippen molar-refractivity contribution in [3.05, 3.63) is 35.4 Å². The van der Waals surface area contributed by atoms with Crippen molar-refractivity contribution in [1.29, 1.82) is 0 Å². The molecule has 0 fully saturated rings. The summed E-state index contributed by atoms with van der Waals surface area (Å²) in [6, 6.07) is 2.89. The number of Topliss-reactive ketones (excluding diaryl/α,β-unsaturated/α-hetero) is 1. The first-order valence-electron chi connectivity index (χ1n) is 6.36. The van der Waals surface area contributed by atoms with Gasteiger partial charge < -0.3 is 10.6 Å². The molecule has 0 heterocycles. The molecule has 0 saturated heterocycles. The minimum atomic E-state index is -0.904. The molecule has 1 aromatic carbocycles. The summed E-state index contributed by atoms with van der Waals surface area (Å²) in [5.74, 6) is -2.43. The summed E-state index contributed by atoms with van der Waals surface area (Å²) in [7, 11) is 1.78. The zero-order chi connectivity index (χ0) is 15.1. The molecule has 0 spiro atoms. The number of halogens is 2. The number of likely N-dealkylation sites (N-methyl/N-ethyl adjacent to an activating group) is 1. The third kappa shape index (κ3) is 5.05. The van der Waals surface area contributed by atoms with E-state index >= 15 is 0 Å². The van der Waals surface area contributed by atoms with E-state index in [9.17, 15) is 18.4 Å². The van der Waals surface area contributed by atoms with Gasteiger partial charge in [-0.05, 0) is 26.1 Å². The van der Waals surface area contributed by atoms with Crippen molar-refractivity contribution < 1.29 is 18.4 Å². The first kappa shape index (κ1) is 16.2. The van der Waals surface area contributed by atoms with E-state index in [4.69, 9.17) is 0 Å². The van der Waals surface area contributed by atoms with Crippen LogP contribution >= 0.6 is 0 Å². The minimum Gasteiger partial charge on any atom is -0.355 e. The smallest absolute Gasteiger partial charge is 0.220 e. The molecule has 0 aromatic heterocycles. The third-order valence-corrected chi connectivity index (χ3v) is 2.91. The zero-order valence-electron chi connectivity index (χ0n) is 11.5. The fourth-order valence-corrected chi connectivity index (χ4v) is 1.53. The Morgan fingerprint density at radius 2 is 1.95 bits per heavy atom. The van der Waals surface area contributed by atoms with Gasteiger partial charge >= 0.3 is 0 Å². The van der Waals surface area contributed by atoms with Crippen LogP contribution in [0.3, 0.4) is 0 Å². The van der Waals surface area contributed by atoms with Gasteiger partial charge in [0.2, 0.25) is 5.91 Å². The van der Waals surface area contributed by atoms with E-state index in [-0.39, 0.29) is 30.4 Å². The van der Waals surface area contributed by atoms with Crippen LogP contribution < -0.4 is 10.6 Å². The highest BCUT2D eigenvalue weighted by Gasteiger charge is 2.14. The Bertz CT molecular complexity index is 492. The predicted molar refractivity (Wildman–Crippen MR) is 71.5 cm³/mol. The van der Waals surface area contributed by atoms with Gasteiger partial charge in [0.25, 0.3) is 0 Å². The number of hydrogen-bond acceptors (Lipinski definition) is 3. The van der Waals surface area contributed by atoms with Crippen LogP contribution in [0.4, 0.5) is 8.78 Å². The number of ketones is 1. The second-order valence-corrected chi connectivity index (χ2v) is 4.54. The molecule has 110 valence electrons. The summed E-state index contributed by atoms with van der Waals surface area (Å²) in [4.78, 5) is 23.2. The van der Waals surface area contributed by atoms with Crippen LogP contribution in [0.5, 0.6) is 0 Å². The lowest BCUT2D eigenvalue weighted by Gasteiger charge is -2.11. The molecule has 1 unspecified atom stereocenters. The molecular weight excluding hydrogens is 266 g/mol. The molecule has 1 rings (SSSR count). The SMILES string of the molecule is CNC(C)CNC(=O)CCC(=O)c1ccc(F)cc1F. The molecule has 0 radical (unpaired) electrons. The maximum atomic E-state index is 13.4. The first-order chi connectivity index (χ1) is 9.43. The molecule has 0 aliphatic heterocycles. The van der Waals surface area contributed by atoms with Gasteiger partial charge in [-0.1, -0.05) is 0 Å². The number of nitrogens with one attached hydrogen (secondary N) is 2. The fraction of sp³-hybridized carbons (Fsp3) is 0.429. The van der Waals surface area contributed by atoms with Gasteiger partial charge in [0.05, 0.1) is 5.56 Å². The van der Waals surface area contributed by atoms with Gasteiger partial charge in [0, 0.05) is 31.5 Å². The summed E-state index contributed by atoms with van der Waals surface area (Å²) < 4.78 is 26.1. The topological polar surface area (TPSA) is 58.2 Å². The Labute approximate surface area is 116 Å². The monoisotopic (exact) mass is 284 g/mol. The van der Waals surface area contributed by atoms with Gasteiger partial charge in [-0.2, -0.15) is 0 Å². The van der Waals surface area contributed by atoms with E-state index in [1.165, 1.54) is 0 Å². The van der Waals surface area contributed by atoms with E-state index in [2.05, 4.69) is 10.6 Å². The number of carbonyl (C=O) groups is 2. The molecule has 0 aliphatic rings. The highest BCUT2D eigenvalue weighted by molar-refractivity contribution is 5.98. The molecule has 2 N–H and O–H groups in total. The molecule has 0 bridgehead atoms. The maximum Gasteiger partial charge on any atom is 0.220 e. The van der Waals surface area contributed by atoms with Crippen LogP contribution in [0, 0.1) is 11.6 Å². The lowest BCUT2D eigenvalue weighted by Crippen LogP contribution is -2.37. The maximum absolute atomic E-state index is 13.4. The molecule has 1 aromatic rings. The summed E-state index contributed by atoms with van der Waals surface area (Å²) in [6.45, 7) is 2.35. The largest absolute Gasteiger partial charge is 0.355 e. The first-order valence-corrected chi connectivity index (χ1v) is 6.36. The summed E-state index contributed by atoms with van der Waals surface area (Å²) in [6.07, 6.45) is -0.131. The summed E-state index contributed by atoms with van der Waals surface area (Å²) in [5.41, 5.74) is -0.192. The van der Waals surface area contributed by atoms with Crippen molar-refractivity contribution in [2.45, 2.75) is 25.8 Å². The van der Waals surface area contributed by atoms with E-state index in [1.54, 1.807) is 7.05 Å². The standard InChI is InChI=1S/C14H18F2N2O2/c1-9(17-2)8-18-14(20)6-5-13(19)11-4-3-10(15)7-12(11)16/h3-4,7,9,17H,5-6,8H2,1-2H3,(H,18,20). The molecule has 1 atom stereocenters. The van der Waals surface area contributed by atoms with Gasteiger partial charge in [0.15, 0.2) is 5.78 Å². The van der Waals surface area contributed by atoms with Crippen molar-refractivity contribution >= 4 is 11.7 Å². The Balaban J connectivity index is 2.45. The van der Waals surface area contributed by atoms with E-state index in [0.29, 0.717) is 12.6 Å². The number of rotatable bonds is 7. The second-order valence-electron chi connectivity index (χ2n) is 4.54. The molecule has 1 amide bonds. The quantitative estimate of drug-likeness (QED) is 0.749. The van der Waals surface area contributed by atoms with Crippen LogP contribution in [0.1, 0.15) is 30.1 Å². The van der Waals surface area contributed by atoms with Gasteiger partial charge in [0.1, 0.15) is 11.6 Å². The van der Waals surface area contributed by atoms with E-state index in [0.717, 1.165) is 12.1 Å². The van der Waals surface area contributed by atoms with Crippen molar-refractivity contribution in [3.63, 3.8) is 0 Å². The summed E-state index contributed by atoms with van der Waals surface area (Å²) in [5, 5.41) is 5.61. The molecule has 4 nitrogen and oxygen atoms in total. The summed E-state index contributed by atoms with van der Waals surface area (Å²) >= 11 is 0. The average molecular weight is 284 g/mol. The van der Waals surface area contributed by atoms with Crippen molar-refractivity contribution in [1.82, 2.24) is 10.6 Å². The predicted octanol–water partition coefficient (Wildman–Crippen LogP) is 1.65. The van der Waals surface area contributed by atoms with Crippen molar-refractivity contribution in [2.24, 2.45) is 0 Å². The molecule has 0 aliphatic carbocycles. The average Bonchev–Trinajstić information content (AvgIpc) is 2.42. The van der Waals surface area contributed by atoms with E-state index < -0.39 is 17.4 Å². The van der Waals surface area contributed by atoms with Gasteiger partial charge in [-0.3, -0.25) is 9.59 Å². The fourth-order valence-electron chi connectivity index (χ4n) is 1.53. The molecular formula is C14H18F2N2O2. The third-order valence-electron chi connectivity index (χ3n) is 2.91. The number of hydrogen-bond donors (Lipinski definition) is 2. The molecule has 0 saturated carbocycles. The van der Waals surface area contributed by atoms with Crippen LogP contribution in [0.15, 0.2) is 18.2 Å². The number of amides is 1. The van der Waals surface area contributed by atoms with E-state index in [1.807, 2.05) is 6.92 Å². The normalized spacial score (nSPS) is 12.0. The van der Waals surface area contributed by atoms with Crippen molar-refractivity contribution in [2.75, 3.05) is 13.6 Å². The lowest BCUT2D eigenvalue weighted by atomic mass is 10.1. The Hall–Kier alpha value is -1.82. The second kappa shape index (κ2) is 7.69. The molecule has 6 heteroatoms. The van der Waals surface area contributed by atoms with Crippen molar-refractivity contribution in [3.8, 4) is 0 Å². The highest BCUT2D eigenvalue weighted by Crippen LogP contribution is 2.12. The van der Waals surface area contributed by atoms with Gasteiger partial charge in [-0.25, -0.2) is 8.78 Å². The zero-order valence-corrected chi connectivity index (χ0v) is 11.5. The lowest BCUT2D eigenvalue weighted by molar-refractivity contribution is -0.121. The van der Waals surface area contributed by atoms with Gasteiger partial charge in [-0.15, -0.1) is 0 Å². The number of benzene rings is 1. The number of carbonyl (C=O) groups excluding carboxylic acids is 2. The van der Waals surface area contributed by atoms with Crippen LogP contribution in [0.25, 0.3) is 0 Å².